The molecular formula is C15H22ClNO2. The van der Waals surface area contributed by atoms with E-state index in [1.165, 1.54) is 0 Å². The van der Waals surface area contributed by atoms with Crippen molar-refractivity contribution in [3.63, 3.8) is 0 Å². The minimum absolute atomic E-state index is 0.0146. The van der Waals surface area contributed by atoms with Crippen molar-refractivity contribution in [2.45, 2.75) is 45.5 Å². The Hall–Kier alpha value is -0.800. The summed E-state index contributed by atoms with van der Waals surface area (Å²) < 4.78 is 7.80. The van der Waals surface area contributed by atoms with E-state index in [2.05, 4.69) is 18.4 Å². The fourth-order valence-corrected chi connectivity index (χ4v) is 3.12. The lowest BCUT2D eigenvalue weighted by Crippen LogP contribution is -2.29. The van der Waals surface area contributed by atoms with Gasteiger partial charge in [-0.15, -0.1) is 11.6 Å². The average Bonchev–Trinajstić information content (AvgIpc) is 2.65. The van der Waals surface area contributed by atoms with E-state index >= 15 is 0 Å². The zero-order valence-electron chi connectivity index (χ0n) is 12.1. The van der Waals surface area contributed by atoms with Gasteiger partial charge in [-0.25, -0.2) is 0 Å². The third-order valence-corrected chi connectivity index (χ3v) is 4.24. The molecule has 1 aromatic heterocycles. The van der Waals surface area contributed by atoms with Gasteiger partial charge in [0.15, 0.2) is 5.78 Å². The summed E-state index contributed by atoms with van der Waals surface area (Å²) in [5.41, 5.74) is 2.93. The van der Waals surface area contributed by atoms with Crippen molar-refractivity contribution >= 4 is 17.4 Å². The van der Waals surface area contributed by atoms with E-state index in [-0.39, 0.29) is 5.78 Å². The first kappa shape index (κ1) is 14.6. The molecule has 2 heterocycles. The van der Waals surface area contributed by atoms with Gasteiger partial charge in [-0.3, -0.25) is 4.79 Å². The van der Waals surface area contributed by atoms with Crippen molar-refractivity contribution in [1.82, 2.24) is 4.57 Å². The van der Waals surface area contributed by atoms with Gasteiger partial charge in [0.2, 0.25) is 0 Å². The first-order valence-corrected chi connectivity index (χ1v) is 7.31. The molecule has 0 spiro atoms. The van der Waals surface area contributed by atoms with E-state index in [9.17, 15) is 4.79 Å². The van der Waals surface area contributed by atoms with Gasteiger partial charge in [-0.2, -0.15) is 0 Å². The zero-order chi connectivity index (χ0) is 14.2. The first-order valence-electron chi connectivity index (χ1n) is 6.88. The summed E-state index contributed by atoms with van der Waals surface area (Å²) in [6.45, 7) is 9.59. The largest absolute Gasteiger partial charge is 0.381 e. The number of hydrogen-bond donors (Lipinski definition) is 0. The third kappa shape index (κ3) is 2.72. The second-order valence-corrected chi connectivity index (χ2v) is 6.20. The van der Waals surface area contributed by atoms with Crippen molar-refractivity contribution in [2.24, 2.45) is 5.92 Å². The van der Waals surface area contributed by atoms with E-state index < -0.39 is 5.38 Å². The van der Waals surface area contributed by atoms with Crippen LogP contribution in [0.2, 0.25) is 0 Å². The van der Waals surface area contributed by atoms with E-state index in [1.54, 1.807) is 6.92 Å². The Morgan fingerprint density at radius 3 is 2.79 bits per heavy atom. The number of halogens is 1. The summed E-state index contributed by atoms with van der Waals surface area (Å²) >= 11 is 5.93. The van der Waals surface area contributed by atoms with Crippen LogP contribution in [0.1, 0.15) is 48.1 Å². The molecule has 19 heavy (non-hydrogen) atoms. The number of carbonyl (C=O) groups excluding carboxylic acids is 1. The van der Waals surface area contributed by atoms with Crippen LogP contribution in [0.5, 0.6) is 0 Å². The van der Waals surface area contributed by atoms with Crippen LogP contribution in [0.3, 0.4) is 0 Å². The Balaban J connectivity index is 2.39. The van der Waals surface area contributed by atoms with E-state index in [0.717, 1.165) is 36.6 Å². The standard InChI is InChI=1S/C15H22ClNO2/c1-9-8-19-6-5-14(9)17-10(2)7-13(12(17)4)15(18)11(3)16/h7,9,11,14H,5-6,8H2,1-4H3. The smallest absolute Gasteiger partial charge is 0.182 e. The first-order chi connectivity index (χ1) is 8.93. The Bertz CT molecular complexity index is 479. The molecule has 106 valence electrons. The van der Waals surface area contributed by atoms with Gasteiger partial charge in [-0.05, 0) is 33.3 Å². The lowest BCUT2D eigenvalue weighted by atomic mass is 9.97. The maximum Gasteiger partial charge on any atom is 0.182 e. The lowest BCUT2D eigenvalue weighted by molar-refractivity contribution is 0.0277. The minimum atomic E-state index is -0.471. The van der Waals surface area contributed by atoms with Gasteiger partial charge >= 0.3 is 0 Å². The molecule has 4 heteroatoms. The van der Waals surface area contributed by atoms with Gasteiger partial charge in [0, 0.05) is 35.5 Å². The molecule has 0 radical (unpaired) electrons. The molecule has 0 aliphatic carbocycles. The number of hydrogen-bond acceptors (Lipinski definition) is 2. The predicted octanol–water partition coefficient (Wildman–Crippen LogP) is 3.51. The van der Waals surface area contributed by atoms with Crippen LogP contribution in [0.4, 0.5) is 0 Å². The number of alkyl halides is 1. The van der Waals surface area contributed by atoms with Crippen LogP contribution in [0.15, 0.2) is 6.07 Å². The van der Waals surface area contributed by atoms with E-state index in [0.29, 0.717) is 12.0 Å². The maximum absolute atomic E-state index is 12.1. The molecule has 0 saturated carbocycles. The molecule has 0 N–H and O–H groups in total. The summed E-state index contributed by atoms with van der Waals surface area (Å²) in [5.74, 6) is 0.482. The number of aryl methyl sites for hydroxylation is 1. The fourth-order valence-electron chi connectivity index (χ4n) is 3.00. The van der Waals surface area contributed by atoms with Crippen molar-refractivity contribution in [1.29, 1.82) is 0 Å². The molecule has 1 fully saturated rings. The van der Waals surface area contributed by atoms with Crippen molar-refractivity contribution in [3.05, 3.63) is 23.0 Å². The number of rotatable bonds is 3. The Morgan fingerprint density at radius 1 is 1.53 bits per heavy atom. The highest BCUT2D eigenvalue weighted by Crippen LogP contribution is 2.31. The quantitative estimate of drug-likeness (QED) is 0.628. The molecule has 3 atom stereocenters. The van der Waals surface area contributed by atoms with E-state index in [4.69, 9.17) is 16.3 Å². The topological polar surface area (TPSA) is 31.2 Å². The number of aromatic nitrogens is 1. The normalized spacial score (nSPS) is 25.3. The number of nitrogens with zero attached hydrogens (tertiary/aromatic N) is 1. The summed E-state index contributed by atoms with van der Waals surface area (Å²) in [4.78, 5) is 12.1. The van der Waals surface area contributed by atoms with E-state index in [1.807, 2.05) is 13.0 Å². The second kappa shape index (κ2) is 5.68. The molecule has 1 saturated heterocycles. The predicted molar refractivity (Wildman–Crippen MR) is 77.2 cm³/mol. The highest BCUT2D eigenvalue weighted by atomic mass is 35.5. The molecule has 1 aliphatic heterocycles. The van der Waals surface area contributed by atoms with Gasteiger partial charge in [0.25, 0.3) is 0 Å². The van der Waals surface area contributed by atoms with Crippen LogP contribution in [0, 0.1) is 19.8 Å². The molecule has 0 amide bonds. The van der Waals surface area contributed by atoms with Crippen LogP contribution >= 0.6 is 11.6 Å². The molecule has 1 aromatic rings. The monoisotopic (exact) mass is 283 g/mol. The molecule has 0 aromatic carbocycles. The van der Waals surface area contributed by atoms with Gasteiger partial charge in [0.05, 0.1) is 12.0 Å². The SMILES string of the molecule is Cc1cc(C(=O)C(C)Cl)c(C)n1C1CCOCC1C. The number of ketones is 1. The highest BCUT2D eigenvalue weighted by molar-refractivity contribution is 6.33. The number of Topliss-reactive ketones (excluding diaryl/α,β-unsaturated/α-hetero) is 1. The van der Waals surface area contributed by atoms with Crippen molar-refractivity contribution in [2.75, 3.05) is 13.2 Å². The molecule has 1 aliphatic rings. The van der Waals surface area contributed by atoms with Crippen molar-refractivity contribution in [3.8, 4) is 0 Å². The molecule has 0 bridgehead atoms. The molecule has 3 unspecified atom stereocenters. The summed E-state index contributed by atoms with van der Waals surface area (Å²) in [7, 11) is 0. The lowest BCUT2D eigenvalue weighted by Gasteiger charge is -2.32. The highest BCUT2D eigenvalue weighted by Gasteiger charge is 2.28. The third-order valence-electron chi connectivity index (χ3n) is 4.04. The van der Waals surface area contributed by atoms with Gasteiger partial charge in [0.1, 0.15) is 0 Å². The maximum atomic E-state index is 12.1. The van der Waals surface area contributed by atoms with Crippen LogP contribution in [-0.4, -0.2) is 28.9 Å². The van der Waals surface area contributed by atoms with Gasteiger partial charge < -0.3 is 9.30 Å². The fraction of sp³-hybridized carbons (Fsp3) is 0.667. The van der Waals surface area contributed by atoms with Crippen LogP contribution in [0.25, 0.3) is 0 Å². The van der Waals surface area contributed by atoms with Gasteiger partial charge in [-0.1, -0.05) is 6.92 Å². The Morgan fingerprint density at radius 2 is 2.21 bits per heavy atom. The summed E-state index contributed by atoms with van der Waals surface area (Å²) in [5, 5.41) is -0.471. The summed E-state index contributed by atoms with van der Waals surface area (Å²) in [6.07, 6.45) is 1.00. The second-order valence-electron chi connectivity index (χ2n) is 5.54. The van der Waals surface area contributed by atoms with Crippen LogP contribution < -0.4 is 0 Å². The molecule has 2 rings (SSSR count). The minimum Gasteiger partial charge on any atom is -0.381 e. The summed E-state index contributed by atoms with van der Waals surface area (Å²) in [6, 6.07) is 2.39. The average molecular weight is 284 g/mol. The van der Waals surface area contributed by atoms with Crippen molar-refractivity contribution < 1.29 is 9.53 Å². The molecular weight excluding hydrogens is 262 g/mol. The number of carbonyl (C=O) groups is 1. The number of ether oxygens (including phenoxy) is 1. The Labute approximate surface area is 119 Å². The molecule has 3 nitrogen and oxygen atoms in total. The zero-order valence-corrected chi connectivity index (χ0v) is 12.8. The Kier molecular flexibility index (Phi) is 4.36. The van der Waals surface area contributed by atoms with Crippen LogP contribution in [-0.2, 0) is 4.74 Å².